The lowest BCUT2D eigenvalue weighted by molar-refractivity contribution is -0.135. The molecule has 2 fully saturated rings. The molecular formula is C23H30F3N3O4. The number of likely N-dealkylation sites (tertiary alicyclic amines) is 2. The fraction of sp³-hybridized carbons (Fsp3) is 0.609. The van der Waals surface area contributed by atoms with Crippen molar-refractivity contribution in [1.29, 1.82) is 0 Å². The van der Waals surface area contributed by atoms with Gasteiger partial charge in [-0.05, 0) is 45.2 Å². The first-order valence-electron chi connectivity index (χ1n) is 11.0. The van der Waals surface area contributed by atoms with Crippen LogP contribution in [0.4, 0.5) is 18.0 Å². The van der Waals surface area contributed by atoms with Gasteiger partial charge in [-0.2, -0.15) is 0 Å². The van der Waals surface area contributed by atoms with Crippen molar-refractivity contribution in [2.24, 2.45) is 5.92 Å². The highest BCUT2D eigenvalue weighted by Crippen LogP contribution is 2.33. The summed E-state index contributed by atoms with van der Waals surface area (Å²) in [6.07, 6.45) is -1.10. The number of hydrogen-bond acceptors (Lipinski definition) is 3. The van der Waals surface area contributed by atoms with Gasteiger partial charge in [0.2, 0.25) is 11.8 Å². The van der Waals surface area contributed by atoms with E-state index in [9.17, 15) is 32.7 Å². The van der Waals surface area contributed by atoms with Crippen molar-refractivity contribution in [3.63, 3.8) is 0 Å². The van der Waals surface area contributed by atoms with Crippen molar-refractivity contribution in [2.45, 2.75) is 64.6 Å². The van der Waals surface area contributed by atoms with Crippen LogP contribution in [0.5, 0.6) is 0 Å². The van der Waals surface area contributed by atoms with Gasteiger partial charge in [0.15, 0.2) is 11.6 Å². The Morgan fingerprint density at radius 3 is 2.33 bits per heavy atom. The maximum absolute atomic E-state index is 14.4. The second-order valence-electron chi connectivity index (χ2n) is 9.87. The van der Waals surface area contributed by atoms with Gasteiger partial charge >= 0.3 is 6.09 Å². The van der Waals surface area contributed by atoms with E-state index < -0.39 is 35.1 Å². The lowest BCUT2D eigenvalue weighted by atomic mass is 9.95. The number of fused-ring (bicyclic) bond motifs is 1. The van der Waals surface area contributed by atoms with Gasteiger partial charge in [0.25, 0.3) is 0 Å². The molecule has 1 aromatic rings. The van der Waals surface area contributed by atoms with Crippen molar-refractivity contribution >= 4 is 17.9 Å². The number of nitrogens with zero attached hydrogens (tertiary/aromatic N) is 3. The molecule has 10 heteroatoms. The lowest BCUT2D eigenvalue weighted by Gasteiger charge is -2.40. The molecule has 0 bridgehead atoms. The summed E-state index contributed by atoms with van der Waals surface area (Å²) in [6, 6.07) is -0.0157. The van der Waals surface area contributed by atoms with Crippen LogP contribution in [0.2, 0.25) is 0 Å². The van der Waals surface area contributed by atoms with E-state index in [4.69, 9.17) is 0 Å². The summed E-state index contributed by atoms with van der Waals surface area (Å²) in [7, 11) is 0. The SMILES string of the molecule is CC(=O)N1C[C@@H]2CCN(C(=O)C[C@@H](Cc3cc(F)c(F)cc3F)N(C(=O)O)C(C)(C)C)[C@@H]2C1. The number of hydrogen-bond donors (Lipinski definition) is 1. The summed E-state index contributed by atoms with van der Waals surface area (Å²) in [4.78, 5) is 41.6. The predicted molar refractivity (Wildman–Crippen MR) is 114 cm³/mol. The zero-order chi connectivity index (χ0) is 24.7. The van der Waals surface area contributed by atoms with Gasteiger partial charge in [0.1, 0.15) is 5.82 Å². The Kier molecular flexibility index (Phi) is 6.95. The first-order chi connectivity index (χ1) is 15.3. The summed E-state index contributed by atoms with van der Waals surface area (Å²) >= 11 is 0. The van der Waals surface area contributed by atoms with Crippen molar-refractivity contribution in [2.75, 3.05) is 19.6 Å². The number of amides is 3. The average Bonchev–Trinajstić information content (AvgIpc) is 3.25. The monoisotopic (exact) mass is 469 g/mol. The number of rotatable bonds is 5. The van der Waals surface area contributed by atoms with E-state index in [1.807, 2.05) is 0 Å². The highest BCUT2D eigenvalue weighted by atomic mass is 19.2. The Labute approximate surface area is 191 Å². The zero-order valence-corrected chi connectivity index (χ0v) is 19.3. The van der Waals surface area contributed by atoms with Gasteiger partial charge in [0.05, 0.1) is 6.04 Å². The predicted octanol–water partition coefficient (Wildman–Crippen LogP) is 3.26. The molecule has 2 aliphatic heterocycles. The third-order valence-corrected chi connectivity index (χ3v) is 6.56. The Hall–Kier alpha value is -2.78. The first kappa shape index (κ1) is 24.9. The van der Waals surface area contributed by atoms with Crippen LogP contribution in [0, 0.1) is 23.4 Å². The second kappa shape index (κ2) is 9.23. The van der Waals surface area contributed by atoms with E-state index >= 15 is 0 Å². The van der Waals surface area contributed by atoms with E-state index in [0.29, 0.717) is 31.8 Å². The van der Waals surface area contributed by atoms with Crippen LogP contribution in [-0.2, 0) is 16.0 Å². The van der Waals surface area contributed by atoms with Crippen LogP contribution in [-0.4, -0.2) is 75.0 Å². The third kappa shape index (κ3) is 5.25. The molecule has 2 aliphatic rings. The molecule has 0 aliphatic carbocycles. The van der Waals surface area contributed by atoms with Crippen molar-refractivity contribution in [3.05, 3.63) is 35.1 Å². The quantitative estimate of drug-likeness (QED) is 0.672. The van der Waals surface area contributed by atoms with Crippen molar-refractivity contribution < 1.29 is 32.7 Å². The van der Waals surface area contributed by atoms with Gasteiger partial charge in [-0.3, -0.25) is 14.5 Å². The highest BCUT2D eigenvalue weighted by molar-refractivity contribution is 5.79. The van der Waals surface area contributed by atoms with Crippen LogP contribution >= 0.6 is 0 Å². The number of carbonyl (C=O) groups excluding carboxylic acids is 2. The van der Waals surface area contributed by atoms with Crippen molar-refractivity contribution in [1.82, 2.24) is 14.7 Å². The molecule has 2 heterocycles. The third-order valence-electron chi connectivity index (χ3n) is 6.56. The Balaban J connectivity index is 1.87. The first-order valence-corrected chi connectivity index (χ1v) is 11.0. The van der Waals surface area contributed by atoms with Gasteiger partial charge in [-0.25, -0.2) is 18.0 Å². The summed E-state index contributed by atoms with van der Waals surface area (Å²) in [5, 5.41) is 9.88. The van der Waals surface area contributed by atoms with Crippen molar-refractivity contribution in [3.8, 4) is 0 Å². The number of carboxylic acid groups (broad SMARTS) is 1. The Bertz CT molecular complexity index is 950. The molecule has 182 valence electrons. The summed E-state index contributed by atoms with van der Waals surface area (Å²) in [6.45, 7) is 7.92. The Morgan fingerprint density at radius 1 is 1.12 bits per heavy atom. The minimum Gasteiger partial charge on any atom is -0.465 e. The number of benzene rings is 1. The molecule has 1 aromatic carbocycles. The van der Waals surface area contributed by atoms with Gasteiger partial charge < -0.3 is 14.9 Å². The molecule has 0 aromatic heterocycles. The maximum atomic E-state index is 14.4. The molecular weight excluding hydrogens is 439 g/mol. The fourth-order valence-corrected chi connectivity index (χ4v) is 5.07. The normalized spacial score (nSPS) is 21.2. The fourth-order valence-electron chi connectivity index (χ4n) is 5.07. The van der Waals surface area contributed by atoms with E-state index in [-0.39, 0.29) is 42.2 Å². The molecule has 1 N–H and O–H groups in total. The number of carbonyl (C=O) groups is 3. The standard InChI is InChI=1S/C23H30F3N3O4/c1-13(30)27-11-14-5-6-28(20(14)12-27)21(31)9-16(29(22(32)33)23(2,3)4)7-15-8-18(25)19(26)10-17(15)24/h8,10,14,16,20H,5-7,9,11-12H2,1-4H3,(H,32,33)/t14-,16+,20+/m0/s1. The summed E-state index contributed by atoms with van der Waals surface area (Å²) in [5.74, 6) is -3.79. The largest absolute Gasteiger partial charge is 0.465 e. The smallest absolute Gasteiger partial charge is 0.408 e. The second-order valence-corrected chi connectivity index (χ2v) is 9.87. The van der Waals surface area contributed by atoms with Crippen LogP contribution in [0.1, 0.15) is 46.1 Å². The van der Waals surface area contributed by atoms with Crippen LogP contribution in [0.25, 0.3) is 0 Å². The van der Waals surface area contributed by atoms with E-state index in [2.05, 4.69) is 0 Å². The highest BCUT2D eigenvalue weighted by Gasteiger charge is 2.45. The van der Waals surface area contributed by atoms with Gasteiger partial charge in [-0.1, -0.05) is 0 Å². The van der Waals surface area contributed by atoms with Crippen LogP contribution in [0.15, 0.2) is 12.1 Å². The Morgan fingerprint density at radius 2 is 1.76 bits per heavy atom. The van der Waals surface area contributed by atoms with Crippen LogP contribution < -0.4 is 0 Å². The molecule has 2 saturated heterocycles. The van der Waals surface area contributed by atoms with Gasteiger partial charge in [-0.15, -0.1) is 0 Å². The lowest BCUT2D eigenvalue weighted by Crippen LogP contribution is -2.54. The van der Waals surface area contributed by atoms with Crippen LogP contribution in [0.3, 0.4) is 0 Å². The molecule has 3 amide bonds. The zero-order valence-electron chi connectivity index (χ0n) is 19.3. The topological polar surface area (TPSA) is 81.2 Å². The molecule has 33 heavy (non-hydrogen) atoms. The van der Waals surface area contributed by atoms with E-state index in [1.165, 1.54) is 6.92 Å². The van der Waals surface area contributed by atoms with E-state index in [0.717, 1.165) is 11.3 Å². The number of halogens is 3. The minimum absolute atomic E-state index is 0.0618. The molecule has 7 nitrogen and oxygen atoms in total. The summed E-state index contributed by atoms with van der Waals surface area (Å²) < 4.78 is 41.6. The molecule has 0 spiro atoms. The molecule has 0 saturated carbocycles. The van der Waals surface area contributed by atoms with E-state index in [1.54, 1.807) is 30.6 Å². The minimum atomic E-state index is -1.34. The van der Waals surface area contributed by atoms with Gasteiger partial charge in [0, 0.05) is 56.5 Å². The molecule has 3 atom stereocenters. The molecule has 3 rings (SSSR count). The summed E-state index contributed by atoms with van der Waals surface area (Å²) in [5.41, 5.74) is -1.14. The maximum Gasteiger partial charge on any atom is 0.408 e. The average molecular weight is 470 g/mol. The molecule has 0 unspecified atom stereocenters. The molecule has 0 radical (unpaired) electrons.